The van der Waals surface area contributed by atoms with E-state index in [1.54, 1.807) is 25.1 Å². The molecule has 0 atom stereocenters. The first-order valence-corrected chi connectivity index (χ1v) is 6.05. The van der Waals surface area contributed by atoms with Crippen molar-refractivity contribution in [3.63, 3.8) is 0 Å². The number of halogens is 2. The molecule has 1 amide bonds. The number of amides is 1. The summed E-state index contributed by atoms with van der Waals surface area (Å²) in [6.07, 6.45) is 0. The molecule has 0 aromatic heterocycles. The van der Waals surface area contributed by atoms with Gasteiger partial charge in [-0.05, 0) is 36.8 Å². The van der Waals surface area contributed by atoms with Gasteiger partial charge >= 0.3 is 0 Å². The summed E-state index contributed by atoms with van der Waals surface area (Å²) in [5, 5.41) is 2.58. The summed E-state index contributed by atoms with van der Waals surface area (Å²) >= 11 is 0. The van der Waals surface area contributed by atoms with Crippen LogP contribution < -0.4 is 11.1 Å². The van der Waals surface area contributed by atoms with Gasteiger partial charge in [-0.15, -0.1) is 0 Å². The third kappa shape index (κ3) is 3.12. The zero-order valence-electron chi connectivity index (χ0n) is 10.9. The smallest absolute Gasteiger partial charge is 0.251 e. The first-order chi connectivity index (χ1) is 9.47. The molecule has 0 aliphatic carbocycles. The molecule has 2 aromatic carbocycles. The Hall–Kier alpha value is -2.43. The minimum Gasteiger partial charge on any atom is -0.399 e. The van der Waals surface area contributed by atoms with Crippen LogP contribution in [0.5, 0.6) is 0 Å². The largest absolute Gasteiger partial charge is 0.399 e. The number of nitrogens with two attached hydrogens (primary N) is 1. The van der Waals surface area contributed by atoms with Crippen molar-refractivity contribution < 1.29 is 13.6 Å². The third-order valence-corrected chi connectivity index (χ3v) is 2.99. The fraction of sp³-hybridized carbons (Fsp3) is 0.133. The number of aryl methyl sites for hydroxylation is 1. The molecule has 2 aromatic rings. The molecular formula is C15H14F2N2O. The summed E-state index contributed by atoms with van der Waals surface area (Å²) in [5.74, 6) is -1.66. The molecule has 0 unspecified atom stereocenters. The van der Waals surface area contributed by atoms with Crippen LogP contribution in [-0.2, 0) is 6.54 Å². The van der Waals surface area contributed by atoms with E-state index in [1.807, 2.05) is 0 Å². The Labute approximate surface area is 115 Å². The van der Waals surface area contributed by atoms with Gasteiger partial charge in [-0.25, -0.2) is 8.78 Å². The number of nitrogens with one attached hydrogen (secondary N) is 1. The molecule has 0 heterocycles. The molecular weight excluding hydrogens is 262 g/mol. The van der Waals surface area contributed by atoms with Crippen molar-refractivity contribution in [1.82, 2.24) is 5.32 Å². The lowest BCUT2D eigenvalue weighted by atomic mass is 10.1. The van der Waals surface area contributed by atoms with E-state index in [0.29, 0.717) is 11.3 Å². The van der Waals surface area contributed by atoms with Crippen LogP contribution in [0.25, 0.3) is 0 Å². The molecule has 3 N–H and O–H groups in total. The Kier molecular flexibility index (Phi) is 3.98. The van der Waals surface area contributed by atoms with E-state index in [1.165, 1.54) is 6.07 Å². The number of benzene rings is 2. The second kappa shape index (κ2) is 5.69. The Morgan fingerprint density at radius 2 is 1.95 bits per heavy atom. The Morgan fingerprint density at radius 1 is 1.20 bits per heavy atom. The van der Waals surface area contributed by atoms with Crippen molar-refractivity contribution in [3.8, 4) is 0 Å². The zero-order chi connectivity index (χ0) is 14.7. The first-order valence-electron chi connectivity index (χ1n) is 6.05. The lowest BCUT2D eigenvalue weighted by molar-refractivity contribution is 0.0950. The lowest BCUT2D eigenvalue weighted by Crippen LogP contribution is -2.23. The summed E-state index contributed by atoms with van der Waals surface area (Å²) < 4.78 is 26.2. The lowest BCUT2D eigenvalue weighted by Gasteiger charge is -2.08. The first kappa shape index (κ1) is 14.0. The molecule has 0 bridgehead atoms. The molecule has 0 aliphatic heterocycles. The second-order valence-corrected chi connectivity index (χ2v) is 4.49. The summed E-state index contributed by atoms with van der Waals surface area (Å²) in [6, 6.07) is 8.14. The van der Waals surface area contributed by atoms with Crippen LogP contribution >= 0.6 is 0 Å². The minimum absolute atomic E-state index is 0.00558. The van der Waals surface area contributed by atoms with Gasteiger partial charge in [0, 0.05) is 29.4 Å². The average molecular weight is 276 g/mol. The average Bonchev–Trinajstić information content (AvgIpc) is 2.40. The number of carbonyl (C=O) groups excluding carboxylic acids is 1. The molecule has 0 radical (unpaired) electrons. The number of carbonyl (C=O) groups is 1. The normalized spacial score (nSPS) is 10.3. The highest BCUT2D eigenvalue weighted by Crippen LogP contribution is 2.13. The van der Waals surface area contributed by atoms with Gasteiger partial charge < -0.3 is 11.1 Å². The maximum absolute atomic E-state index is 13.4. The highest BCUT2D eigenvalue weighted by Gasteiger charge is 2.09. The van der Waals surface area contributed by atoms with Gasteiger partial charge in [-0.1, -0.05) is 6.07 Å². The molecule has 0 fully saturated rings. The Balaban J connectivity index is 2.06. The highest BCUT2D eigenvalue weighted by molar-refractivity contribution is 5.94. The zero-order valence-corrected chi connectivity index (χ0v) is 10.9. The quantitative estimate of drug-likeness (QED) is 0.847. The predicted molar refractivity (Wildman–Crippen MR) is 73.1 cm³/mol. The van der Waals surface area contributed by atoms with Crippen LogP contribution in [0, 0.1) is 18.6 Å². The van der Waals surface area contributed by atoms with Crippen LogP contribution in [-0.4, -0.2) is 5.91 Å². The highest BCUT2D eigenvalue weighted by atomic mass is 19.1. The van der Waals surface area contributed by atoms with Crippen molar-refractivity contribution in [3.05, 3.63) is 64.7 Å². The van der Waals surface area contributed by atoms with Gasteiger partial charge in [-0.2, -0.15) is 0 Å². The molecule has 3 nitrogen and oxygen atoms in total. The van der Waals surface area contributed by atoms with E-state index in [4.69, 9.17) is 5.73 Å². The molecule has 0 saturated carbocycles. The van der Waals surface area contributed by atoms with Crippen molar-refractivity contribution in [2.24, 2.45) is 0 Å². The van der Waals surface area contributed by atoms with E-state index < -0.39 is 11.6 Å². The standard InChI is InChI=1S/C15H14F2N2O/c1-9-6-10(3-5-14(9)18)15(20)19-8-11-2-4-12(16)7-13(11)17/h2-7H,8,18H2,1H3,(H,19,20). The number of rotatable bonds is 3. The maximum Gasteiger partial charge on any atom is 0.251 e. The third-order valence-electron chi connectivity index (χ3n) is 2.99. The topological polar surface area (TPSA) is 55.1 Å². The monoisotopic (exact) mass is 276 g/mol. The Bertz CT molecular complexity index is 656. The van der Waals surface area contributed by atoms with E-state index >= 15 is 0 Å². The Morgan fingerprint density at radius 3 is 2.60 bits per heavy atom. The fourth-order valence-corrected chi connectivity index (χ4v) is 1.76. The second-order valence-electron chi connectivity index (χ2n) is 4.49. The molecule has 5 heteroatoms. The minimum atomic E-state index is -0.682. The summed E-state index contributed by atoms with van der Waals surface area (Å²) in [4.78, 5) is 11.9. The maximum atomic E-state index is 13.4. The van der Waals surface area contributed by atoms with Crippen LogP contribution in [0.3, 0.4) is 0 Å². The van der Waals surface area contributed by atoms with Crippen LogP contribution in [0.2, 0.25) is 0 Å². The summed E-state index contributed by atoms with van der Waals surface area (Å²) in [6.45, 7) is 1.79. The summed E-state index contributed by atoms with van der Waals surface area (Å²) in [7, 11) is 0. The number of hydrogen-bond acceptors (Lipinski definition) is 2. The van der Waals surface area contributed by atoms with Crippen molar-refractivity contribution in [1.29, 1.82) is 0 Å². The molecule has 2 rings (SSSR count). The molecule has 20 heavy (non-hydrogen) atoms. The summed E-state index contributed by atoms with van der Waals surface area (Å²) in [5.41, 5.74) is 7.74. The van der Waals surface area contributed by atoms with Gasteiger partial charge in [0.15, 0.2) is 0 Å². The van der Waals surface area contributed by atoms with E-state index in [-0.39, 0.29) is 18.0 Å². The van der Waals surface area contributed by atoms with E-state index in [9.17, 15) is 13.6 Å². The van der Waals surface area contributed by atoms with Gasteiger partial charge in [0.1, 0.15) is 11.6 Å². The molecule has 104 valence electrons. The predicted octanol–water partition coefficient (Wildman–Crippen LogP) is 2.79. The number of nitrogen functional groups attached to an aromatic ring is 1. The van der Waals surface area contributed by atoms with Gasteiger partial charge in [0.2, 0.25) is 0 Å². The van der Waals surface area contributed by atoms with Crippen LogP contribution in [0.1, 0.15) is 21.5 Å². The van der Waals surface area contributed by atoms with Crippen LogP contribution in [0.4, 0.5) is 14.5 Å². The van der Waals surface area contributed by atoms with E-state index in [2.05, 4.69) is 5.32 Å². The van der Waals surface area contributed by atoms with Crippen molar-refractivity contribution in [2.75, 3.05) is 5.73 Å². The number of anilines is 1. The molecule has 0 saturated heterocycles. The van der Waals surface area contributed by atoms with Gasteiger partial charge in [0.25, 0.3) is 5.91 Å². The molecule has 0 spiro atoms. The van der Waals surface area contributed by atoms with Crippen molar-refractivity contribution >= 4 is 11.6 Å². The number of hydrogen-bond donors (Lipinski definition) is 2. The van der Waals surface area contributed by atoms with Crippen molar-refractivity contribution in [2.45, 2.75) is 13.5 Å². The van der Waals surface area contributed by atoms with Gasteiger partial charge in [-0.3, -0.25) is 4.79 Å². The van der Waals surface area contributed by atoms with E-state index in [0.717, 1.165) is 17.7 Å². The van der Waals surface area contributed by atoms with Gasteiger partial charge in [0.05, 0.1) is 0 Å². The molecule has 0 aliphatic rings. The SMILES string of the molecule is Cc1cc(C(=O)NCc2ccc(F)cc2F)ccc1N. The van der Waals surface area contributed by atoms with Crippen LogP contribution in [0.15, 0.2) is 36.4 Å². The fourth-order valence-electron chi connectivity index (χ4n) is 1.76.